The van der Waals surface area contributed by atoms with Crippen molar-refractivity contribution < 1.29 is 13.9 Å². The number of halogens is 2. The van der Waals surface area contributed by atoms with Gasteiger partial charge in [0.2, 0.25) is 5.95 Å². The Morgan fingerprint density at radius 1 is 1.21 bits per heavy atom. The van der Waals surface area contributed by atoms with Crippen molar-refractivity contribution in [3.05, 3.63) is 75.4 Å². The van der Waals surface area contributed by atoms with Gasteiger partial charge in [-0.25, -0.2) is 14.2 Å². The van der Waals surface area contributed by atoms with Crippen molar-refractivity contribution in [2.45, 2.75) is 33.4 Å². The minimum Gasteiger partial charge on any atom is -0.488 e. The summed E-state index contributed by atoms with van der Waals surface area (Å²) in [7, 11) is 0. The molecule has 0 aliphatic carbocycles. The molecule has 0 aliphatic rings. The van der Waals surface area contributed by atoms with E-state index in [2.05, 4.69) is 20.9 Å². The summed E-state index contributed by atoms with van der Waals surface area (Å²) >= 11 is 5.96. The number of ether oxygens (including phenoxy) is 1. The van der Waals surface area contributed by atoms with Crippen LogP contribution >= 0.6 is 11.6 Å². The third-order valence-corrected chi connectivity index (χ3v) is 4.69. The summed E-state index contributed by atoms with van der Waals surface area (Å²) in [6.07, 6.45) is 1.08. The van der Waals surface area contributed by atoms with Crippen molar-refractivity contribution >= 4 is 35.0 Å². The summed E-state index contributed by atoms with van der Waals surface area (Å²) < 4.78 is 21.2. The number of nitrogens with one attached hydrogen (secondary N) is 3. The van der Waals surface area contributed by atoms with Crippen molar-refractivity contribution in [3.8, 4) is 5.75 Å². The molecule has 2 amide bonds. The quantitative estimate of drug-likeness (QED) is 0.438. The predicted octanol–water partition coefficient (Wildman–Crippen LogP) is 4.76. The molecule has 3 N–H and O–H groups in total. The molecule has 174 valence electrons. The molecule has 0 radical (unpaired) electrons. The van der Waals surface area contributed by atoms with Gasteiger partial charge in [-0.1, -0.05) is 23.7 Å². The van der Waals surface area contributed by atoms with Crippen LogP contribution < -0.4 is 26.2 Å². The molecule has 0 bridgehead atoms. The molecule has 0 saturated heterocycles. The highest BCUT2D eigenvalue weighted by Gasteiger charge is 2.15. The number of carbonyl (C=O) groups excluding carboxylic acids is 1. The van der Waals surface area contributed by atoms with E-state index >= 15 is 0 Å². The molecule has 33 heavy (non-hydrogen) atoms. The minimum atomic E-state index is -0.546. The maximum absolute atomic E-state index is 14.4. The van der Waals surface area contributed by atoms with Gasteiger partial charge in [-0.15, -0.1) is 0 Å². The number of benzene rings is 2. The number of anilines is 3. The van der Waals surface area contributed by atoms with Gasteiger partial charge in [0.15, 0.2) is 11.6 Å². The molecule has 10 heteroatoms. The first-order valence-electron chi connectivity index (χ1n) is 10.4. The molecule has 1 aromatic heterocycles. The van der Waals surface area contributed by atoms with Crippen LogP contribution in [0.25, 0.3) is 0 Å². The van der Waals surface area contributed by atoms with E-state index in [4.69, 9.17) is 16.3 Å². The molecule has 1 heterocycles. The van der Waals surface area contributed by atoms with Gasteiger partial charge in [0, 0.05) is 23.3 Å². The second kappa shape index (κ2) is 10.8. The van der Waals surface area contributed by atoms with Gasteiger partial charge < -0.3 is 20.7 Å². The van der Waals surface area contributed by atoms with Crippen LogP contribution in [-0.2, 0) is 6.54 Å². The van der Waals surface area contributed by atoms with Crippen molar-refractivity contribution in [2.24, 2.45) is 0 Å². The van der Waals surface area contributed by atoms with E-state index in [1.54, 1.807) is 51.1 Å². The van der Waals surface area contributed by atoms with Crippen LogP contribution in [0.5, 0.6) is 5.75 Å². The molecule has 0 aliphatic heterocycles. The molecule has 0 unspecified atom stereocenters. The standard InChI is InChI=1S/C23H25ClFN5O3/c1-4-26-23(32)29-19-12-27-22(28-17-9-10-20(18(25)11-17)33-14(2)3)30(21(19)31)13-15-5-7-16(24)8-6-15/h5-12,14H,4,13H2,1-3H3,(H,27,28)(H2,26,29,32). The van der Waals surface area contributed by atoms with Gasteiger partial charge in [-0.05, 0) is 50.6 Å². The number of rotatable bonds is 8. The van der Waals surface area contributed by atoms with E-state index in [0.717, 1.165) is 5.56 Å². The summed E-state index contributed by atoms with van der Waals surface area (Å²) in [6.45, 7) is 5.93. The molecule has 0 spiro atoms. The zero-order valence-electron chi connectivity index (χ0n) is 18.5. The third-order valence-electron chi connectivity index (χ3n) is 4.44. The maximum Gasteiger partial charge on any atom is 0.319 e. The number of urea groups is 1. The van der Waals surface area contributed by atoms with Crippen molar-refractivity contribution in [1.29, 1.82) is 0 Å². The van der Waals surface area contributed by atoms with E-state index in [1.807, 2.05) is 0 Å². The molecule has 0 saturated carbocycles. The maximum atomic E-state index is 14.4. The first kappa shape index (κ1) is 24.1. The Kier molecular flexibility index (Phi) is 7.89. The Labute approximate surface area is 195 Å². The summed E-state index contributed by atoms with van der Waals surface area (Å²) in [6, 6.07) is 10.9. The molecular weight excluding hydrogens is 449 g/mol. The van der Waals surface area contributed by atoms with Crippen LogP contribution in [0.1, 0.15) is 26.3 Å². The Balaban J connectivity index is 1.96. The van der Waals surface area contributed by atoms with Gasteiger partial charge in [0.1, 0.15) is 5.69 Å². The third kappa shape index (κ3) is 6.45. The highest BCUT2D eigenvalue weighted by Crippen LogP contribution is 2.24. The van der Waals surface area contributed by atoms with Crippen LogP contribution in [-0.4, -0.2) is 28.2 Å². The van der Waals surface area contributed by atoms with E-state index in [9.17, 15) is 14.0 Å². The fourth-order valence-electron chi connectivity index (χ4n) is 2.98. The summed E-state index contributed by atoms with van der Waals surface area (Å²) in [5.74, 6) is -0.244. The van der Waals surface area contributed by atoms with Crippen molar-refractivity contribution in [3.63, 3.8) is 0 Å². The second-order valence-electron chi connectivity index (χ2n) is 7.43. The lowest BCUT2D eigenvalue weighted by Gasteiger charge is -2.16. The van der Waals surface area contributed by atoms with Gasteiger partial charge in [-0.2, -0.15) is 0 Å². The monoisotopic (exact) mass is 473 g/mol. The van der Waals surface area contributed by atoms with Gasteiger partial charge in [0.05, 0.1) is 18.8 Å². The number of hydrogen-bond donors (Lipinski definition) is 3. The lowest BCUT2D eigenvalue weighted by Crippen LogP contribution is -2.33. The van der Waals surface area contributed by atoms with Crippen LogP contribution in [0.15, 0.2) is 53.5 Å². The van der Waals surface area contributed by atoms with Gasteiger partial charge in [0.25, 0.3) is 5.56 Å². The van der Waals surface area contributed by atoms with Crippen LogP contribution in [0.3, 0.4) is 0 Å². The smallest absolute Gasteiger partial charge is 0.319 e. The van der Waals surface area contributed by atoms with E-state index < -0.39 is 17.4 Å². The van der Waals surface area contributed by atoms with Crippen LogP contribution in [0, 0.1) is 5.82 Å². The first-order chi connectivity index (χ1) is 15.8. The largest absolute Gasteiger partial charge is 0.488 e. The minimum absolute atomic E-state index is 0.00678. The highest BCUT2D eigenvalue weighted by atomic mass is 35.5. The Morgan fingerprint density at radius 3 is 2.58 bits per heavy atom. The van der Waals surface area contributed by atoms with Crippen molar-refractivity contribution in [1.82, 2.24) is 14.9 Å². The van der Waals surface area contributed by atoms with Gasteiger partial charge >= 0.3 is 6.03 Å². The molecule has 0 fully saturated rings. The number of hydrogen-bond acceptors (Lipinski definition) is 5. The fourth-order valence-corrected chi connectivity index (χ4v) is 3.11. The Bertz CT molecular complexity index is 1180. The predicted molar refractivity (Wildman–Crippen MR) is 127 cm³/mol. The molecule has 0 atom stereocenters. The lowest BCUT2D eigenvalue weighted by molar-refractivity contribution is 0.231. The molecule has 3 rings (SSSR count). The molecular formula is C23H25ClFN5O3. The fraction of sp³-hybridized carbons (Fsp3) is 0.261. The number of amides is 2. The van der Waals surface area contributed by atoms with Crippen molar-refractivity contribution in [2.75, 3.05) is 17.2 Å². The average molecular weight is 474 g/mol. The summed E-state index contributed by atoms with van der Waals surface area (Å²) in [5.41, 5.74) is 0.694. The summed E-state index contributed by atoms with van der Waals surface area (Å²) in [4.78, 5) is 29.4. The molecule has 8 nitrogen and oxygen atoms in total. The van der Waals surface area contributed by atoms with Crippen LogP contribution in [0.4, 0.5) is 26.5 Å². The topological polar surface area (TPSA) is 97.3 Å². The highest BCUT2D eigenvalue weighted by molar-refractivity contribution is 6.30. The average Bonchev–Trinajstić information content (AvgIpc) is 2.76. The van der Waals surface area contributed by atoms with E-state index in [-0.39, 0.29) is 30.0 Å². The van der Waals surface area contributed by atoms with E-state index in [0.29, 0.717) is 17.3 Å². The first-order valence-corrected chi connectivity index (χ1v) is 10.8. The SMILES string of the molecule is CCNC(=O)Nc1cnc(Nc2ccc(OC(C)C)c(F)c2)n(Cc2ccc(Cl)cc2)c1=O. The zero-order valence-corrected chi connectivity index (χ0v) is 19.2. The summed E-state index contributed by atoms with van der Waals surface area (Å²) in [5, 5.41) is 8.60. The Hall–Kier alpha value is -3.59. The number of carbonyl (C=O) groups is 1. The second-order valence-corrected chi connectivity index (χ2v) is 7.87. The van der Waals surface area contributed by atoms with E-state index in [1.165, 1.54) is 22.9 Å². The lowest BCUT2D eigenvalue weighted by atomic mass is 10.2. The van der Waals surface area contributed by atoms with Crippen LogP contribution in [0.2, 0.25) is 5.02 Å². The number of nitrogens with zero attached hydrogens (tertiary/aromatic N) is 2. The molecule has 2 aromatic carbocycles. The van der Waals surface area contributed by atoms with Gasteiger partial charge in [-0.3, -0.25) is 9.36 Å². The normalized spacial score (nSPS) is 10.7. The zero-order chi connectivity index (χ0) is 24.0. The number of aromatic nitrogens is 2. The Morgan fingerprint density at radius 2 is 1.94 bits per heavy atom. The molecule has 3 aromatic rings.